The zero-order valence-electron chi connectivity index (χ0n) is 48.4. The molecule has 80 heavy (non-hydrogen) atoms. The Hall–Kier alpha value is -4.15. The molecule has 2 heterocycles. The van der Waals surface area contributed by atoms with Crippen LogP contribution < -0.4 is 4.74 Å². The van der Waals surface area contributed by atoms with Crippen LogP contribution in [0.4, 0.5) is 0 Å². The SMILES string of the molecule is CCCCCCc1ccc(CSC(SCc2ccc(CCCCCC)cc2)=C2c3cc4c(cc3-c3sc(C=O)cc32)C(=C(SCc2ccc(CCCCCC)cc2)SCc2ccc(CCCCCC)cc2)c2cc(OC)sc2-4)cc1. The molecule has 9 rings (SSSR count). The van der Waals surface area contributed by atoms with E-state index in [1.165, 1.54) is 210 Å². The van der Waals surface area contributed by atoms with Gasteiger partial charge in [-0.15, -0.1) is 58.4 Å². The van der Waals surface area contributed by atoms with Crippen LogP contribution in [0.15, 0.2) is 130 Å². The lowest BCUT2D eigenvalue weighted by molar-refractivity contribution is 0.112. The monoisotopic (exact) mass is 1170 g/mol. The van der Waals surface area contributed by atoms with Gasteiger partial charge in [0.1, 0.15) is 0 Å². The van der Waals surface area contributed by atoms with Gasteiger partial charge in [-0.25, -0.2) is 0 Å². The zero-order valence-corrected chi connectivity index (χ0v) is 53.3. The van der Waals surface area contributed by atoms with Crippen LogP contribution in [0.5, 0.6) is 5.06 Å². The predicted molar refractivity (Wildman–Crippen MR) is 359 cm³/mol. The van der Waals surface area contributed by atoms with E-state index in [2.05, 4.69) is 149 Å². The summed E-state index contributed by atoms with van der Waals surface area (Å²) in [5.41, 5.74) is 21.2. The van der Waals surface area contributed by atoms with Crippen molar-refractivity contribution in [1.82, 2.24) is 0 Å². The van der Waals surface area contributed by atoms with E-state index in [4.69, 9.17) is 4.74 Å². The van der Waals surface area contributed by atoms with Gasteiger partial charge in [0.05, 0.1) is 12.0 Å². The van der Waals surface area contributed by atoms with E-state index >= 15 is 0 Å². The van der Waals surface area contributed by atoms with Crippen molar-refractivity contribution < 1.29 is 9.53 Å². The van der Waals surface area contributed by atoms with Gasteiger partial charge in [-0.3, -0.25) is 4.79 Å². The van der Waals surface area contributed by atoms with Crippen LogP contribution in [-0.4, -0.2) is 13.4 Å². The number of benzene rings is 5. The number of ether oxygens (including phenoxy) is 1. The number of aldehydes is 1. The number of carbonyl (C=O) groups excluding carboxylic acids is 1. The summed E-state index contributed by atoms with van der Waals surface area (Å²) in [6.45, 7) is 9.14. The molecule has 2 aromatic heterocycles. The van der Waals surface area contributed by atoms with Crippen molar-refractivity contribution in [3.63, 3.8) is 0 Å². The van der Waals surface area contributed by atoms with Gasteiger partial charge in [-0.05, 0) is 125 Å². The fourth-order valence-electron chi connectivity index (χ4n) is 11.0. The maximum atomic E-state index is 12.8. The Morgan fingerprint density at radius 3 is 1.00 bits per heavy atom. The maximum Gasteiger partial charge on any atom is 0.174 e. The van der Waals surface area contributed by atoms with E-state index in [9.17, 15) is 4.79 Å². The number of methoxy groups -OCH3 is 1. The second kappa shape index (κ2) is 31.5. The summed E-state index contributed by atoms with van der Waals surface area (Å²) in [4.78, 5) is 16.1. The van der Waals surface area contributed by atoms with Crippen LogP contribution in [0.3, 0.4) is 0 Å². The molecular formula is C72H84O2S6. The molecule has 8 heteroatoms. The molecular weight excluding hydrogens is 1090 g/mol. The minimum Gasteiger partial charge on any atom is -0.487 e. The molecule has 0 saturated heterocycles. The highest BCUT2D eigenvalue weighted by Crippen LogP contribution is 2.61. The number of unbranched alkanes of at least 4 members (excludes halogenated alkanes) is 12. The van der Waals surface area contributed by atoms with Gasteiger partial charge in [0.15, 0.2) is 11.3 Å². The molecule has 0 saturated carbocycles. The quantitative estimate of drug-likeness (QED) is 0.0295. The Bertz CT molecular complexity index is 3010. The highest BCUT2D eigenvalue weighted by molar-refractivity contribution is 8.22. The topological polar surface area (TPSA) is 26.3 Å². The first kappa shape index (κ1) is 60.4. The molecule has 7 aromatic rings. The van der Waals surface area contributed by atoms with Gasteiger partial charge in [-0.2, -0.15) is 0 Å². The van der Waals surface area contributed by atoms with Crippen LogP contribution >= 0.6 is 69.7 Å². The highest BCUT2D eigenvalue weighted by Gasteiger charge is 2.36. The lowest BCUT2D eigenvalue weighted by Crippen LogP contribution is -1.93. The number of fused-ring (bicyclic) bond motifs is 6. The third-order valence-corrected chi connectivity index (χ3v) is 23.2. The predicted octanol–water partition coefficient (Wildman–Crippen LogP) is 23.3. The van der Waals surface area contributed by atoms with Crippen LogP contribution in [0.25, 0.3) is 32.0 Å². The number of thiophene rings is 2. The van der Waals surface area contributed by atoms with E-state index in [1.54, 1.807) is 22.7 Å². The number of carbonyl (C=O) groups is 1. The normalized spacial score (nSPS) is 12.2. The van der Waals surface area contributed by atoms with Crippen molar-refractivity contribution >= 4 is 87.2 Å². The summed E-state index contributed by atoms with van der Waals surface area (Å²) < 4.78 is 8.75. The lowest BCUT2D eigenvalue weighted by Gasteiger charge is -2.16. The van der Waals surface area contributed by atoms with Gasteiger partial charge in [0.2, 0.25) is 0 Å². The van der Waals surface area contributed by atoms with Crippen molar-refractivity contribution in [3.05, 3.63) is 201 Å². The summed E-state index contributed by atoms with van der Waals surface area (Å²) in [5, 5.41) is 0.938. The molecule has 0 radical (unpaired) electrons. The van der Waals surface area contributed by atoms with Crippen molar-refractivity contribution in [3.8, 4) is 25.9 Å². The van der Waals surface area contributed by atoms with Crippen molar-refractivity contribution in [2.24, 2.45) is 0 Å². The van der Waals surface area contributed by atoms with Gasteiger partial charge in [-0.1, -0.05) is 213 Å². The zero-order chi connectivity index (χ0) is 55.5. The molecule has 2 nitrogen and oxygen atoms in total. The van der Waals surface area contributed by atoms with Crippen molar-refractivity contribution in [1.29, 1.82) is 0 Å². The van der Waals surface area contributed by atoms with E-state index in [0.717, 1.165) is 64.9 Å². The maximum absolute atomic E-state index is 12.8. The highest BCUT2D eigenvalue weighted by atomic mass is 32.2. The molecule has 0 bridgehead atoms. The number of thioether (sulfide) groups is 4. The van der Waals surface area contributed by atoms with Crippen molar-refractivity contribution in [2.45, 2.75) is 179 Å². The number of hydrogen-bond acceptors (Lipinski definition) is 8. The Balaban J connectivity index is 1.10. The second-order valence-electron chi connectivity index (χ2n) is 22.0. The first-order valence-electron chi connectivity index (χ1n) is 30.2. The summed E-state index contributed by atoms with van der Waals surface area (Å²) in [6.07, 6.45) is 26.1. The Morgan fingerprint density at radius 1 is 0.375 bits per heavy atom. The number of aryl methyl sites for hydroxylation is 4. The smallest absolute Gasteiger partial charge is 0.174 e. The summed E-state index contributed by atoms with van der Waals surface area (Å²) in [7, 11) is 1.81. The summed E-state index contributed by atoms with van der Waals surface area (Å²) in [6, 6.07) is 47.2. The number of rotatable bonds is 34. The Morgan fingerprint density at radius 2 is 0.688 bits per heavy atom. The minimum absolute atomic E-state index is 0.780. The van der Waals surface area contributed by atoms with E-state index in [0.29, 0.717) is 0 Å². The third kappa shape index (κ3) is 16.1. The van der Waals surface area contributed by atoms with Gasteiger partial charge in [0, 0.05) is 80.7 Å². The molecule has 0 spiro atoms. The van der Waals surface area contributed by atoms with Crippen LogP contribution in [0.1, 0.15) is 207 Å². The average molecular weight is 1170 g/mol. The first-order valence-corrected chi connectivity index (χ1v) is 35.8. The minimum atomic E-state index is 0.780. The average Bonchev–Trinajstić information content (AvgIpc) is 4.33. The molecule has 0 unspecified atom stereocenters. The molecule has 2 aliphatic rings. The van der Waals surface area contributed by atoms with Gasteiger partial charge >= 0.3 is 0 Å². The summed E-state index contributed by atoms with van der Waals surface area (Å²) in [5.74, 6) is 3.53. The van der Waals surface area contributed by atoms with E-state index in [-0.39, 0.29) is 0 Å². The van der Waals surface area contributed by atoms with E-state index in [1.807, 2.05) is 54.2 Å². The number of hydrogen-bond donors (Lipinski definition) is 0. The van der Waals surface area contributed by atoms with Gasteiger partial charge in [0.25, 0.3) is 0 Å². The summed E-state index contributed by atoms with van der Waals surface area (Å²) >= 11 is 11.3. The molecule has 0 N–H and O–H groups in total. The molecule has 5 aromatic carbocycles. The Labute approximate surface area is 506 Å². The molecule has 0 fully saturated rings. The van der Waals surface area contributed by atoms with E-state index < -0.39 is 0 Å². The van der Waals surface area contributed by atoms with Crippen LogP contribution in [-0.2, 0) is 48.7 Å². The van der Waals surface area contributed by atoms with Crippen molar-refractivity contribution in [2.75, 3.05) is 7.11 Å². The standard InChI is InChI=1S/C72H84O2S6/c1-6-10-14-18-22-51-26-34-55(35-27-51)47-75-71(76-48-56-36-28-52(29-37-56)23-19-15-11-7-2)67-60-44-63-61(43-62(60)69-64(67)42-59(46-73)79-69)68(65-45-66(74-5)80-70(63)65)72(77-49-57-38-30-53(31-39-57)24-20-16-12-8-3)78-50-58-40-32-54(33-41-58)25-21-17-13-9-4/h26-46H,6-25,47-50H2,1-5H3. The second-order valence-corrected chi connectivity index (χ2v) is 28.5. The molecule has 0 aliphatic heterocycles. The molecule has 2 aliphatic carbocycles. The van der Waals surface area contributed by atoms with Crippen LogP contribution in [0, 0.1) is 0 Å². The third-order valence-electron chi connectivity index (χ3n) is 15.8. The largest absolute Gasteiger partial charge is 0.487 e. The fourth-order valence-corrected chi connectivity index (χ4v) is 17.8. The first-order chi connectivity index (χ1) is 39.4. The van der Waals surface area contributed by atoms with Crippen LogP contribution in [0.2, 0.25) is 0 Å². The lowest BCUT2D eigenvalue weighted by atomic mass is 9.98. The van der Waals surface area contributed by atoms with Gasteiger partial charge < -0.3 is 4.74 Å². The Kier molecular flexibility index (Phi) is 23.8. The molecule has 420 valence electrons. The molecule has 0 amide bonds. The molecule has 0 atom stereocenters. The fraction of sp³-hybridized carbons (Fsp3) is 0.403.